The van der Waals surface area contributed by atoms with Crippen LogP contribution in [-0.4, -0.2) is 18.3 Å². The molecule has 1 aliphatic heterocycles. The van der Waals surface area contributed by atoms with Crippen molar-refractivity contribution in [2.24, 2.45) is 0 Å². The van der Waals surface area contributed by atoms with Crippen molar-refractivity contribution in [1.82, 2.24) is 0 Å². The summed E-state index contributed by atoms with van der Waals surface area (Å²) in [6.45, 7) is 8.33. The SMILES string of the molecule is CC1(C)OB(c2ccc(-c3ccc(N(c4ccccc4)c4ccc(-c5ccccc5)cc4)cc3)cc2)OC1(C)C. The summed E-state index contributed by atoms with van der Waals surface area (Å²) in [6, 6.07) is 47.0. The highest BCUT2D eigenvalue weighted by Gasteiger charge is 2.51. The third kappa shape index (κ3) is 5.09. The number of hydrogen-bond donors (Lipinski definition) is 0. The van der Waals surface area contributed by atoms with E-state index in [0.29, 0.717) is 0 Å². The van der Waals surface area contributed by atoms with Gasteiger partial charge in [-0.05, 0) is 91.8 Å². The third-order valence-electron chi connectivity index (χ3n) is 8.14. The summed E-state index contributed by atoms with van der Waals surface area (Å²) in [5, 5.41) is 0. The van der Waals surface area contributed by atoms with Crippen molar-refractivity contribution < 1.29 is 9.31 Å². The van der Waals surface area contributed by atoms with E-state index in [-0.39, 0.29) is 18.3 Å². The van der Waals surface area contributed by atoms with Crippen LogP contribution in [0.4, 0.5) is 17.1 Å². The highest BCUT2D eigenvalue weighted by Crippen LogP contribution is 2.38. The molecule has 5 aromatic carbocycles. The summed E-state index contributed by atoms with van der Waals surface area (Å²) in [7, 11) is -0.353. The molecule has 4 heteroatoms. The van der Waals surface area contributed by atoms with Crippen molar-refractivity contribution in [2.75, 3.05) is 4.90 Å². The molecule has 0 N–H and O–H groups in total. The van der Waals surface area contributed by atoms with Gasteiger partial charge in [-0.3, -0.25) is 0 Å². The van der Waals surface area contributed by atoms with E-state index in [1.165, 1.54) is 11.1 Å². The summed E-state index contributed by atoms with van der Waals surface area (Å²) in [6.07, 6.45) is 0. The Kier molecular flexibility index (Phi) is 6.83. The van der Waals surface area contributed by atoms with Gasteiger partial charge in [0.1, 0.15) is 0 Å². The molecule has 1 aliphatic rings. The Balaban J connectivity index is 1.26. The second kappa shape index (κ2) is 10.5. The minimum absolute atomic E-state index is 0.349. The van der Waals surface area contributed by atoms with Gasteiger partial charge in [0.15, 0.2) is 0 Å². The molecule has 0 spiro atoms. The van der Waals surface area contributed by atoms with E-state index >= 15 is 0 Å². The normalized spacial score (nSPS) is 15.7. The van der Waals surface area contributed by atoms with E-state index < -0.39 is 0 Å². The molecule has 5 aromatic rings. The predicted octanol–water partition coefficient (Wildman–Crippen LogP) is 8.79. The molecule has 0 saturated carbocycles. The fraction of sp³-hybridized carbons (Fsp3) is 0.167. The maximum absolute atomic E-state index is 6.23. The van der Waals surface area contributed by atoms with Crippen molar-refractivity contribution in [2.45, 2.75) is 38.9 Å². The molecule has 1 fully saturated rings. The van der Waals surface area contributed by atoms with Crippen LogP contribution in [0.2, 0.25) is 0 Å². The maximum Gasteiger partial charge on any atom is 0.494 e. The van der Waals surface area contributed by atoms with Crippen molar-refractivity contribution in [3.05, 3.63) is 133 Å². The third-order valence-corrected chi connectivity index (χ3v) is 8.14. The largest absolute Gasteiger partial charge is 0.494 e. The molecule has 0 aliphatic carbocycles. The zero-order valence-corrected chi connectivity index (χ0v) is 23.5. The molecule has 6 rings (SSSR count). The molecule has 40 heavy (non-hydrogen) atoms. The van der Waals surface area contributed by atoms with Crippen molar-refractivity contribution in [3.8, 4) is 22.3 Å². The molecule has 0 unspecified atom stereocenters. The first-order valence-electron chi connectivity index (χ1n) is 13.9. The van der Waals surface area contributed by atoms with Gasteiger partial charge in [-0.1, -0.05) is 97.1 Å². The number of rotatable bonds is 6. The fourth-order valence-corrected chi connectivity index (χ4v) is 5.07. The lowest BCUT2D eigenvalue weighted by atomic mass is 9.78. The predicted molar refractivity (Wildman–Crippen MR) is 168 cm³/mol. The molecule has 1 heterocycles. The first-order valence-corrected chi connectivity index (χ1v) is 13.9. The minimum Gasteiger partial charge on any atom is -0.399 e. The van der Waals surface area contributed by atoms with Gasteiger partial charge in [0, 0.05) is 17.1 Å². The Labute approximate surface area is 238 Å². The van der Waals surface area contributed by atoms with E-state index in [4.69, 9.17) is 9.31 Å². The lowest BCUT2D eigenvalue weighted by molar-refractivity contribution is 0.00578. The van der Waals surface area contributed by atoms with Crippen LogP contribution in [0.15, 0.2) is 133 Å². The Bertz CT molecular complexity index is 1550. The van der Waals surface area contributed by atoms with Crippen LogP contribution < -0.4 is 10.4 Å². The zero-order valence-electron chi connectivity index (χ0n) is 23.5. The van der Waals surface area contributed by atoms with E-state index in [1.54, 1.807) is 0 Å². The van der Waals surface area contributed by atoms with Gasteiger partial charge in [-0.25, -0.2) is 0 Å². The molecule has 0 aromatic heterocycles. The highest BCUT2D eigenvalue weighted by atomic mass is 16.7. The monoisotopic (exact) mass is 523 g/mol. The van der Waals surface area contributed by atoms with Crippen LogP contribution in [0, 0.1) is 0 Å². The maximum atomic E-state index is 6.23. The van der Waals surface area contributed by atoms with Crippen LogP contribution in [0.5, 0.6) is 0 Å². The van der Waals surface area contributed by atoms with Crippen LogP contribution in [0.25, 0.3) is 22.3 Å². The summed E-state index contributed by atoms with van der Waals surface area (Å²) in [5.74, 6) is 0. The van der Waals surface area contributed by atoms with Gasteiger partial charge in [-0.15, -0.1) is 0 Å². The number of anilines is 3. The molecule has 0 radical (unpaired) electrons. The second-order valence-electron chi connectivity index (χ2n) is 11.3. The topological polar surface area (TPSA) is 21.7 Å². The molecule has 0 atom stereocenters. The molecule has 3 nitrogen and oxygen atoms in total. The first-order chi connectivity index (χ1) is 19.3. The van der Waals surface area contributed by atoms with Crippen LogP contribution >= 0.6 is 0 Å². The van der Waals surface area contributed by atoms with E-state index in [0.717, 1.165) is 33.7 Å². The quantitative estimate of drug-likeness (QED) is 0.208. The molecular formula is C36H34BNO2. The van der Waals surface area contributed by atoms with Gasteiger partial charge in [0.2, 0.25) is 0 Å². The lowest BCUT2D eigenvalue weighted by Gasteiger charge is -2.32. The Hall–Kier alpha value is -4.12. The van der Waals surface area contributed by atoms with E-state index in [2.05, 4.69) is 160 Å². The summed E-state index contributed by atoms with van der Waals surface area (Å²) < 4.78 is 12.5. The highest BCUT2D eigenvalue weighted by molar-refractivity contribution is 6.62. The van der Waals surface area contributed by atoms with Gasteiger partial charge >= 0.3 is 7.12 Å². The van der Waals surface area contributed by atoms with Crippen LogP contribution in [0.3, 0.4) is 0 Å². The minimum atomic E-state index is -0.353. The molecule has 0 bridgehead atoms. The standard InChI is InChI=1S/C36H34BNO2/c1-35(2)36(3,4)40-37(39-35)31-21-15-28(16-22-31)30-19-25-34(26-20-30)38(32-13-9-6-10-14-32)33-23-17-29(18-24-33)27-11-7-5-8-12-27/h5-26H,1-4H3. The van der Waals surface area contributed by atoms with Gasteiger partial charge in [-0.2, -0.15) is 0 Å². The average Bonchev–Trinajstić information content (AvgIpc) is 3.21. The lowest BCUT2D eigenvalue weighted by Crippen LogP contribution is -2.41. The molecular weight excluding hydrogens is 489 g/mol. The van der Waals surface area contributed by atoms with E-state index in [1.807, 2.05) is 6.07 Å². The average molecular weight is 523 g/mol. The summed E-state index contributed by atoms with van der Waals surface area (Å²) in [5.41, 5.74) is 8.43. The van der Waals surface area contributed by atoms with Crippen molar-refractivity contribution in [1.29, 1.82) is 0 Å². The number of hydrogen-bond acceptors (Lipinski definition) is 3. The Morgan fingerprint density at radius 3 is 1.23 bits per heavy atom. The zero-order chi connectivity index (χ0) is 27.7. The number of nitrogens with zero attached hydrogens (tertiary/aromatic N) is 1. The number of para-hydroxylation sites is 1. The summed E-state index contributed by atoms with van der Waals surface area (Å²) >= 11 is 0. The molecule has 1 saturated heterocycles. The number of benzene rings is 5. The molecule has 0 amide bonds. The van der Waals surface area contributed by atoms with Gasteiger partial charge in [0.25, 0.3) is 0 Å². The first kappa shape index (κ1) is 26.1. The second-order valence-corrected chi connectivity index (χ2v) is 11.3. The Morgan fingerprint density at radius 1 is 0.425 bits per heavy atom. The molecule has 198 valence electrons. The Morgan fingerprint density at radius 2 is 0.775 bits per heavy atom. The smallest absolute Gasteiger partial charge is 0.399 e. The van der Waals surface area contributed by atoms with Crippen molar-refractivity contribution >= 4 is 29.6 Å². The van der Waals surface area contributed by atoms with Crippen LogP contribution in [-0.2, 0) is 9.31 Å². The summed E-state index contributed by atoms with van der Waals surface area (Å²) in [4.78, 5) is 2.29. The van der Waals surface area contributed by atoms with Crippen molar-refractivity contribution in [3.63, 3.8) is 0 Å². The van der Waals surface area contributed by atoms with E-state index in [9.17, 15) is 0 Å². The van der Waals surface area contributed by atoms with Crippen LogP contribution in [0.1, 0.15) is 27.7 Å². The fourth-order valence-electron chi connectivity index (χ4n) is 5.07. The van der Waals surface area contributed by atoms with Gasteiger partial charge in [0.05, 0.1) is 11.2 Å². The van der Waals surface area contributed by atoms with Gasteiger partial charge < -0.3 is 14.2 Å².